The molecule has 2 heteroatoms. The molecule has 2 rings (SSSR count). The van der Waals surface area contributed by atoms with Crippen molar-refractivity contribution in [2.24, 2.45) is 0 Å². The maximum atomic E-state index is 2.38. The van der Waals surface area contributed by atoms with Gasteiger partial charge in [0.15, 0.2) is 5.71 Å². The van der Waals surface area contributed by atoms with E-state index in [1.807, 2.05) is 0 Å². The van der Waals surface area contributed by atoms with Crippen LogP contribution in [0.25, 0.3) is 0 Å². The van der Waals surface area contributed by atoms with E-state index >= 15 is 0 Å². The first kappa shape index (κ1) is 14.7. The molecule has 0 spiro atoms. The van der Waals surface area contributed by atoms with Crippen LogP contribution in [0.15, 0.2) is 18.2 Å². The van der Waals surface area contributed by atoms with Crippen molar-refractivity contribution in [3.8, 4) is 0 Å². The molecule has 1 nitrogen and oxygen atoms in total. The van der Waals surface area contributed by atoms with Gasteiger partial charge in [-0.2, -0.15) is 0 Å². The first-order chi connectivity index (χ1) is 7.35. The van der Waals surface area contributed by atoms with Crippen molar-refractivity contribution in [3.63, 3.8) is 0 Å². The highest BCUT2D eigenvalue weighted by molar-refractivity contribution is 5.93. The van der Waals surface area contributed by atoms with Crippen molar-refractivity contribution < 1.29 is 28.6 Å². The van der Waals surface area contributed by atoms with Gasteiger partial charge in [0.25, 0.3) is 0 Å². The van der Waals surface area contributed by atoms with Crippen LogP contribution < -0.4 is 24.0 Å². The van der Waals surface area contributed by atoms with E-state index in [0.29, 0.717) is 5.92 Å². The van der Waals surface area contributed by atoms with Crippen molar-refractivity contribution in [3.05, 3.63) is 29.3 Å². The van der Waals surface area contributed by atoms with E-state index in [2.05, 4.69) is 64.4 Å². The van der Waals surface area contributed by atoms with Crippen LogP contribution in [0.5, 0.6) is 0 Å². The molecule has 0 fully saturated rings. The van der Waals surface area contributed by atoms with Gasteiger partial charge in [-0.3, -0.25) is 0 Å². The lowest BCUT2D eigenvalue weighted by Crippen LogP contribution is -3.00. The molecule has 0 radical (unpaired) electrons. The Bertz CT molecular complexity index is 470. The van der Waals surface area contributed by atoms with Gasteiger partial charge in [0.2, 0.25) is 5.69 Å². The second-order valence-corrected chi connectivity index (χ2v) is 5.70. The first-order valence-electron chi connectivity index (χ1n) is 6.08. The first-order valence-corrected chi connectivity index (χ1v) is 6.08. The summed E-state index contributed by atoms with van der Waals surface area (Å²) in [5, 5.41) is 0. The summed E-state index contributed by atoms with van der Waals surface area (Å²) in [6.07, 6.45) is 0. The van der Waals surface area contributed by atoms with E-state index in [0.717, 1.165) is 0 Å². The molecule has 0 aliphatic carbocycles. The topological polar surface area (TPSA) is 3.01 Å². The van der Waals surface area contributed by atoms with E-state index in [1.54, 1.807) is 0 Å². The molecule has 1 aliphatic rings. The standard InChI is InChI=1S/C15H22N.HI/c1-10(2)12-7-8-14-13(9-12)15(4,5)11(3)16(14)6;/h7-10H,1-6H3;1H/q+1;/p-1. The summed E-state index contributed by atoms with van der Waals surface area (Å²) in [7, 11) is 2.16. The molecule has 1 aromatic carbocycles. The Balaban J connectivity index is 0.00000144. The van der Waals surface area contributed by atoms with Crippen molar-refractivity contribution >= 4 is 11.4 Å². The minimum Gasteiger partial charge on any atom is -1.00 e. The van der Waals surface area contributed by atoms with Gasteiger partial charge < -0.3 is 24.0 Å². The molecule has 0 atom stereocenters. The van der Waals surface area contributed by atoms with Gasteiger partial charge in [-0.15, -0.1) is 0 Å². The van der Waals surface area contributed by atoms with E-state index in [9.17, 15) is 0 Å². The molecule has 0 unspecified atom stereocenters. The fraction of sp³-hybridized carbons (Fsp3) is 0.533. The number of rotatable bonds is 1. The van der Waals surface area contributed by atoms with Crippen LogP contribution >= 0.6 is 0 Å². The zero-order valence-corrected chi connectivity index (χ0v) is 13.8. The molecule has 0 N–H and O–H groups in total. The SMILES string of the molecule is CC1=[N+](C)c2ccc(C(C)C)cc2C1(C)C.[I-]. The van der Waals surface area contributed by atoms with Crippen molar-refractivity contribution in [1.29, 1.82) is 0 Å². The summed E-state index contributed by atoms with van der Waals surface area (Å²) in [4.78, 5) is 0. The Morgan fingerprint density at radius 3 is 2.29 bits per heavy atom. The Hall–Kier alpha value is -0.380. The zero-order chi connectivity index (χ0) is 12.1. The Labute approximate surface area is 122 Å². The lowest BCUT2D eigenvalue weighted by atomic mass is 9.81. The fourth-order valence-corrected chi connectivity index (χ4v) is 2.50. The number of halogens is 1. The summed E-state index contributed by atoms with van der Waals surface area (Å²) in [6, 6.07) is 6.91. The number of hydrogen-bond donors (Lipinski definition) is 0. The second kappa shape index (κ2) is 4.71. The van der Waals surface area contributed by atoms with E-state index < -0.39 is 0 Å². The van der Waals surface area contributed by atoms with Gasteiger partial charge in [0.05, 0.1) is 5.41 Å². The quantitative estimate of drug-likeness (QED) is 0.525. The van der Waals surface area contributed by atoms with E-state index in [4.69, 9.17) is 0 Å². The van der Waals surface area contributed by atoms with Crippen LogP contribution in [-0.4, -0.2) is 17.3 Å². The normalized spacial score (nSPS) is 17.1. The Morgan fingerprint density at radius 2 is 1.76 bits per heavy atom. The van der Waals surface area contributed by atoms with Crippen LogP contribution in [0.2, 0.25) is 0 Å². The zero-order valence-electron chi connectivity index (χ0n) is 11.6. The van der Waals surface area contributed by atoms with Crippen LogP contribution in [0.1, 0.15) is 51.7 Å². The lowest BCUT2D eigenvalue weighted by Gasteiger charge is -2.16. The highest BCUT2D eigenvalue weighted by Crippen LogP contribution is 2.40. The smallest absolute Gasteiger partial charge is 0.209 e. The monoisotopic (exact) mass is 343 g/mol. The summed E-state index contributed by atoms with van der Waals surface area (Å²) >= 11 is 0. The summed E-state index contributed by atoms with van der Waals surface area (Å²) < 4.78 is 2.32. The average molecular weight is 343 g/mol. The Morgan fingerprint density at radius 1 is 1.18 bits per heavy atom. The summed E-state index contributed by atoms with van der Waals surface area (Å²) in [5.41, 5.74) is 5.89. The minimum atomic E-state index is 0. The molecule has 0 saturated carbocycles. The maximum Gasteiger partial charge on any atom is 0.209 e. The molecule has 0 saturated heterocycles. The molecule has 1 heterocycles. The summed E-state index contributed by atoms with van der Waals surface area (Å²) in [6.45, 7) is 11.4. The largest absolute Gasteiger partial charge is 1.00 e. The maximum absolute atomic E-state index is 2.38. The van der Waals surface area contributed by atoms with Crippen LogP contribution in [0, 0.1) is 0 Å². The van der Waals surface area contributed by atoms with Crippen molar-refractivity contribution in [2.75, 3.05) is 7.05 Å². The van der Waals surface area contributed by atoms with Gasteiger partial charge in [-0.05, 0) is 31.4 Å². The highest BCUT2D eigenvalue weighted by atomic mass is 127. The van der Waals surface area contributed by atoms with Crippen LogP contribution in [0.3, 0.4) is 0 Å². The van der Waals surface area contributed by atoms with E-state index in [-0.39, 0.29) is 29.4 Å². The highest BCUT2D eigenvalue weighted by Gasteiger charge is 2.41. The average Bonchev–Trinajstić information content (AvgIpc) is 2.40. The predicted octanol–water partition coefficient (Wildman–Crippen LogP) is 0.840. The molecule has 0 aromatic heterocycles. The fourth-order valence-electron chi connectivity index (χ4n) is 2.50. The van der Waals surface area contributed by atoms with Crippen LogP contribution in [0.4, 0.5) is 5.69 Å². The van der Waals surface area contributed by atoms with Gasteiger partial charge in [-0.1, -0.05) is 19.9 Å². The van der Waals surface area contributed by atoms with Gasteiger partial charge in [0, 0.05) is 18.6 Å². The molecule has 17 heavy (non-hydrogen) atoms. The predicted molar refractivity (Wildman–Crippen MR) is 70.1 cm³/mol. The van der Waals surface area contributed by atoms with Gasteiger partial charge >= 0.3 is 0 Å². The third kappa shape index (κ3) is 2.16. The second-order valence-electron chi connectivity index (χ2n) is 5.70. The molecular formula is C15H22IN. The third-order valence-electron chi connectivity index (χ3n) is 4.13. The number of nitrogens with zero attached hydrogens (tertiary/aromatic N) is 1. The molecule has 1 aromatic rings. The third-order valence-corrected chi connectivity index (χ3v) is 4.13. The molecule has 0 bridgehead atoms. The van der Waals surface area contributed by atoms with Gasteiger partial charge in [-0.25, -0.2) is 4.58 Å². The molecule has 94 valence electrons. The van der Waals surface area contributed by atoms with Crippen LogP contribution in [-0.2, 0) is 5.41 Å². The number of benzene rings is 1. The molecule has 0 amide bonds. The van der Waals surface area contributed by atoms with Gasteiger partial charge in [0.1, 0.15) is 7.05 Å². The minimum absolute atomic E-state index is 0. The summed E-state index contributed by atoms with van der Waals surface area (Å²) in [5.74, 6) is 0.604. The van der Waals surface area contributed by atoms with Crippen molar-refractivity contribution in [1.82, 2.24) is 0 Å². The number of hydrogen-bond acceptors (Lipinski definition) is 0. The molecular weight excluding hydrogens is 321 g/mol. The Kier molecular flexibility index (Phi) is 4.07. The van der Waals surface area contributed by atoms with E-state index in [1.165, 1.54) is 22.5 Å². The molecule has 1 aliphatic heterocycles. The lowest BCUT2D eigenvalue weighted by molar-refractivity contribution is -0.403. The number of fused-ring (bicyclic) bond motifs is 1. The van der Waals surface area contributed by atoms with Crippen molar-refractivity contribution in [2.45, 2.75) is 46.0 Å².